The summed E-state index contributed by atoms with van der Waals surface area (Å²) in [5.41, 5.74) is 0. The number of hydrogen-bond donors (Lipinski definition) is 1. The third-order valence-electron chi connectivity index (χ3n) is 7.10. The molecule has 0 aromatic rings. The molecule has 0 bridgehead atoms. The number of carbonyl (C=O) groups is 2. The van der Waals surface area contributed by atoms with Crippen LogP contribution < -0.4 is 5.32 Å². The minimum absolute atomic E-state index is 0.0594. The number of fused-ring (bicyclic) bond motifs is 1. The van der Waals surface area contributed by atoms with E-state index in [4.69, 9.17) is 4.74 Å². The van der Waals surface area contributed by atoms with E-state index in [2.05, 4.69) is 15.1 Å². The van der Waals surface area contributed by atoms with Crippen molar-refractivity contribution in [3.63, 3.8) is 0 Å². The molecule has 7 nitrogen and oxygen atoms in total. The van der Waals surface area contributed by atoms with Crippen LogP contribution >= 0.6 is 0 Å². The quantitative estimate of drug-likeness (QED) is 0.802. The summed E-state index contributed by atoms with van der Waals surface area (Å²) in [6.07, 6.45) is 8.77. The zero-order chi connectivity index (χ0) is 19.7. The van der Waals surface area contributed by atoms with Crippen molar-refractivity contribution < 1.29 is 14.3 Å². The molecule has 7 heteroatoms. The van der Waals surface area contributed by atoms with Gasteiger partial charge in [0.1, 0.15) is 0 Å². The molecule has 2 atom stereocenters. The van der Waals surface area contributed by atoms with E-state index in [1.165, 1.54) is 12.8 Å². The monoisotopic (exact) mass is 392 g/mol. The SMILES string of the molecule is CC(C)OC(=O)N1CCC(N2CCC(N3C(=O)N[C@@H]4CCCCC43)CC2)CC1. The zero-order valence-corrected chi connectivity index (χ0v) is 17.4. The molecule has 3 heterocycles. The van der Waals surface area contributed by atoms with Gasteiger partial charge in [-0.3, -0.25) is 0 Å². The smallest absolute Gasteiger partial charge is 0.410 e. The van der Waals surface area contributed by atoms with E-state index >= 15 is 0 Å². The Bertz CT molecular complexity index is 568. The van der Waals surface area contributed by atoms with Crippen LogP contribution in [-0.2, 0) is 4.74 Å². The molecule has 28 heavy (non-hydrogen) atoms. The Hall–Kier alpha value is -1.50. The van der Waals surface area contributed by atoms with E-state index in [1.807, 2.05) is 18.7 Å². The number of carbonyl (C=O) groups excluding carboxylic acids is 2. The van der Waals surface area contributed by atoms with Crippen LogP contribution in [0.1, 0.15) is 65.2 Å². The Morgan fingerprint density at radius 3 is 2.29 bits per heavy atom. The van der Waals surface area contributed by atoms with E-state index < -0.39 is 0 Å². The molecule has 1 N–H and O–H groups in total. The van der Waals surface area contributed by atoms with Gasteiger partial charge in [-0.1, -0.05) is 12.8 Å². The number of amides is 3. The van der Waals surface area contributed by atoms with E-state index in [1.54, 1.807) is 0 Å². The van der Waals surface area contributed by atoms with Gasteiger partial charge in [0.15, 0.2) is 0 Å². The van der Waals surface area contributed by atoms with Gasteiger partial charge in [-0.25, -0.2) is 9.59 Å². The van der Waals surface area contributed by atoms with E-state index in [0.717, 1.165) is 64.7 Å². The number of nitrogens with zero attached hydrogens (tertiary/aromatic N) is 3. The topological polar surface area (TPSA) is 65.1 Å². The number of hydrogen-bond acceptors (Lipinski definition) is 4. The Kier molecular flexibility index (Phi) is 5.99. The molecule has 1 unspecified atom stereocenters. The lowest BCUT2D eigenvalue weighted by Gasteiger charge is -2.44. The third kappa shape index (κ3) is 4.09. The summed E-state index contributed by atoms with van der Waals surface area (Å²) in [4.78, 5) is 31.3. The van der Waals surface area contributed by atoms with Crippen LogP contribution in [0.5, 0.6) is 0 Å². The summed E-state index contributed by atoms with van der Waals surface area (Å²) in [6, 6.07) is 1.93. The summed E-state index contributed by atoms with van der Waals surface area (Å²) in [5.74, 6) is 0. The molecule has 0 aromatic carbocycles. The van der Waals surface area contributed by atoms with Gasteiger partial charge in [0.2, 0.25) is 0 Å². The molecule has 3 aliphatic heterocycles. The molecule has 1 saturated carbocycles. The van der Waals surface area contributed by atoms with Crippen LogP contribution in [0, 0.1) is 0 Å². The van der Waals surface area contributed by atoms with Gasteiger partial charge in [0.25, 0.3) is 0 Å². The highest BCUT2D eigenvalue weighted by atomic mass is 16.6. The molecular weight excluding hydrogens is 356 g/mol. The average molecular weight is 393 g/mol. The maximum atomic E-state index is 12.6. The average Bonchev–Trinajstić information content (AvgIpc) is 3.03. The highest BCUT2D eigenvalue weighted by Crippen LogP contribution is 2.33. The molecule has 4 rings (SSSR count). The first kappa shape index (κ1) is 19.8. The standard InChI is InChI=1S/C21H36N4O3/c1-15(2)28-21(27)24-13-7-16(8-14-24)23-11-9-17(10-12-23)25-19-6-4-3-5-18(19)22-20(25)26/h15-19H,3-14H2,1-2H3,(H,22,26)/t18-,19?/m1/s1. The van der Waals surface area contributed by atoms with Crippen LogP contribution in [-0.4, -0.2) is 83.3 Å². The van der Waals surface area contributed by atoms with Crippen molar-refractivity contribution in [2.75, 3.05) is 26.2 Å². The second-order valence-corrected chi connectivity index (χ2v) is 9.23. The number of rotatable bonds is 3. The Labute approximate surface area is 168 Å². The fourth-order valence-corrected chi connectivity index (χ4v) is 5.65. The fraction of sp³-hybridized carbons (Fsp3) is 0.905. The number of urea groups is 1. The van der Waals surface area contributed by atoms with Crippen LogP contribution in [0.3, 0.4) is 0 Å². The molecular formula is C21H36N4O3. The first-order valence-corrected chi connectivity index (χ1v) is 11.3. The van der Waals surface area contributed by atoms with Gasteiger partial charge in [0, 0.05) is 38.3 Å². The van der Waals surface area contributed by atoms with Crippen molar-refractivity contribution in [1.29, 1.82) is 0 Å². The van der Waals surface area contributed by atoms with Crippen LogP contribution in [0.25, 0.3) is 0 Å². The predicted molar refractivity (Wildman–Crippen MR) is 107 cm³/mol. The lowest BCUT2D eigenvalue weighted by molar-refractivity contribution is 0.0400. The van der Waals surface area contributed by atoms with Crippen molar-refractivity contribution in [1.82, 2.24) is 20.0 Å². The summed E-state index contributed by atoms with van der Waals surface area (Å²) in [6.45, 7) is 7.48. The van der Waals surface area contributed by atoms with Crippen molar-refractivity contribution in [2.45, 2.75) is 95.5 Å². The van der Waals surface area contributed by atoms with E-state index in [9.17, 15) is 9.59 Å². The van der Waals surface area contributed by atoms with Gasteiger partial charge in [0.05, 0.1) is 18.2 Å². The molecule has 158 valence electrons. The van der Waals surface area contributed by atoms with Gasteiger partial charge in [-0.05, 0) is 52.4 Å². The van der Waals surface area contributed by atoms with E-state index in [-0.39, 0.29) is 18.2 Å². The second-order valence-electron chi connectivity index (χ2n) is 9.23. The Morgan fingerprint density at radius 2 is 1.61 bits per heavy atom. The van der Waals surface area contributed by atoms with E-state index in [0.29, 0.717) is 24.2 Å². The zero-order valence-electron chi connectivity index (χ0n) is 17.4. The maximum Gasteiger partial charge on any atom is 0.410 e. The van der Waals surface area contributed by atoms with Crippen LogP contribution in [0.4, 0.5) is 9.59 Å². The summed E-state index contributed by atoms with van der Waals surface area (Å²) < 4.78 is 5.32. The van der Waals surface area contributed by atoms with Gasteiger partial charge < -0.3 is 24.8 Å². The molecule has 4 aliphatic rings. The van der Waals surface area contributed by atoms with Gasteiger partial charge in [-0.15, -0.1) is 0 Å². The first-order chi connectivity index (χ1) is 13.5. The van der Waals surface area contributed by atoms with Crippen molar-refractivity contribution in [2.24, 2.45) is 0 Å². The van der Waals surface area contributed by atoms with Gasteiger partial charge >= 0.3 is 12.1 Å². The second kappa shape index (κ2) is 8.47. The van der Waals surface area contributed by atoms with Crippen molar-refractivity contribution >= 4 is 12.1 Å². The van der Waals surface area contributed by atoms with Crippen molar-refractivity contribution in [3.05, 3.63) is 0 Å². The number of piperidine rings is 2. The first-order valence-electron chi connectivity index (χ1n) is 11.3. The van der Waals surface area contributed by atoms with Crippen LogP contribution in [0.2, 0.25) is 0 Å². The van der Waals surface area contributed by atoms with Crippen molar-refractivity contribution in [3.8, 4) is 0 Å². The molecule has 1 aliphatic carbocycles. The fourth-order valence-electron chi connectivity index (χ4n) is 5.65. The minimum atomic E-state index is -0.172. The Balaban J connectivity index is 1.25. The van der Waals surface area contributed by atoms with Crippen LogP contribution in [0.15, 0.2) is 0 Å². The molecule has 3 saturated heterocycles. The summed E-state index contributed by atoms with van der Waals surface area (Å²) in [5, 5.41) is 3.23. The van der Waals surface area contributed by atoms with Gasteiger partial charge in [-0.2, -0.15) is 0 Å². The highest BCUT2D eigenvalue weighted by Gasteiger charge is 2.44. The third-order valence-corrected chi connectivity index (χ3v) is 7.10. The highest BCUT2D eigenvalue weighted by molar-refractivity contribution is 5.78. The maximum absolute atomic E-state index is 12.6. The number of ether oxygens (including phenoxy) is 1. The molecule has 0 aromatic heterocycles. The molecule has 0 spiro atoms. The Morgan fingerprint density at radius 1 is 0.964 bits per heavy atom. The normalized spacial score (nSPS) is 30.5. The minimum Gasteiger partial charge on any atom is -0.447 e. The summed E-state index contributed by atoms with van der Waals surface area (Å²) >= 11 is 0. The lowest BCUT2D eigenvalue weighted by atomic mass is 9.89. The lowest BCUT2D eigenvalue weighted by Crippen LogP contribution is -2.53. The summed E-state index contributed by atoms with van der Waals surface area (Å²) in [7, 11) is 0. The number of likely N-dealkylation sites (tertiary alicyclic amines) is 2. The molecule has 0 radical (unpaired) electrons. The largest absolute Gasteiger partial charge is 0.447 e. The predicted octanol–water partition coefficient (Wildman–Crippen LogP) is 2.80. The molecule has 3 amide bonds. The number of nitrogens with one attached hydrogen (secondary N) is 1. The molecule has 4 fully saturated rings.